The van der Waals surface area contributed by atoms with Crippen molar-refractivity contribution in [1.29, 1.82) is 0 Å². The van der Waals surface area contributed by atoms with Crippen LogP contribution in [0.3, 0.4) is 0 Å². The Bertz CT molecular complexity index is 1020. The zero-order valence-electron chi connectivity index (χ0n) is 18.1. The van der Waals surface area contributed by atoms with Crippen LogP contribution in [-0.2, 0) is 5.54 Å². The number of Topliss-reactive ketones (excluding diaryl/α,β-unsaturated/α-hetero) is 1. The molecule has 0 N–H and O–H groups in total. The van der Waals surface area contributed by atoms with E-state index in [9.17, 15) is 4.79 Å². The fourth-order valence-electron chi connectivity index (χ4n) is 4.15. The van der Waals surface area contributed by atoms with Crippen molar-refractivity contribution >= 4 is 5.78 Å². The van der Waals surface area contributed by atoms with Crippen LogP contribution in [0, 0.1) is 5.92 Å². The Labute approximate surface area is 184 Å². The first-order valence-electron chi connectivity index (χ1n) is 10.9. The normalized spacial score (nSPS) is 11.6. The highest BCUT2D eigenvalue weighted by atomic mass is 16.1. The molecule has 0 atom stereocenters. The molecule has 1 heterocycles. The molecule has 3 heteroatoms. The fourth-order valence-corrected chi connectivity index (χ4v) is 4.15. The lowest BCUT2D eigenvalue weighted by molar-refractivity contribution is 0.0975. The van der Waals surface area contributed by atoms with Gasteiger partial charge in [0.15, 0.2) is 5.78 Å². The van der Waals surface area contributed by atoms with E-state index in [1.165, 1.54) is 0 Å². The molecule has 0 fully saturated rings. The third-order valence-electron chi connectivity index (χ3n) is 5.77. The molecule has 4 aromatic rings. The molecule has 0 saturated heterocycles. The highest BCUT2D eigenvalue weighted by molar-refractivity contribution is 5.95. The Hall–Kier alpha value is -3.46. The lowest BCUT2D eigenvalue weighted by atomic mass is 9.77. The van der Waals surface area contributed by atoms with Gasteiger partial charge in [-0.25, -0.2) is 0 Å². The molecule has 3 aromatic carbocycles. The van der Waals surface area contributed by atoms with Crippen LogP contribution in [0.1, 0.15) is 53.7 Å². The molecule has 0 radical (unpaired) electrons. The van der Waals surface area contributed by atoms with Gasteiger partial charge in [-0.1, -0.05) is 105 Å². The monoisotopic (exact) mass is 408 g/mol. The van der Waals surface area contributed by atoms with Gasteiger partial charge in [0, 0.05) is 12.6 Å². The summed E-state index contributed by atoms with van der Waals surface area (Å²) in [7, 11) is 0. The standard InChI is InChI=1S/C28H28N2O/c1-22(2)18-19-27(31)23-20-29-30(21-23)28(24-12-6-3-7-13-24,25-14-8-4-9-15-25)26-16-10-5-11-17-26/h3-17,20-22H,18-19H2,1-2H3. The minimum atomic E-state index is -0.680. The number of hydrogen-bond acceptors (Lipinski definition) is 2. The van der Waals surface area contributed by atoms with Crippen LogP contribution in [0.25, 0.3) is 0 Å². The van der Waals surface area contributed by atoms with Crippen LogP contribution in [0.2, 0.25) is 0 Å². The molecule has 4 rings (SSSR count). The summed E-state index contributed by atoms with van der Waals surface area (Å²) < 4.78 is 1.95. The van der Waals surface area contributed by atoms with Crippen LogP contribution in [0.5, 0.6) is 0 Å². The second-order valence-electron chi connectivity index (χ2n) is 8.34. The van der Waals surface area contributed by atoms with Crippen LogP contribution in [0.15, 0.2) is 103 Å². The first-order chi connectivity index (χ1) is 15.1. The van der Waals surface area contributed by atoms with Gasteiger partial charge in [0.2, 0.25) is 0 Å². The average molecular weight is 409 g/mol. The molecule has 0 spiro atoms. The van der Waals surface area contributed by atoms with Crippen molar-refractivity contribution in [3.63, 3.8) is 0 Å². The van der Waals surface area contributed by atoms with Crippen molar-refractivity contribution in [1.82, 2.24) is 9.78 Å². The second kappa shape index (κ2) is 9.13. The third-order valence-corrected chi connectivity index (χ3v) is 5.77. The topological polar surface area (TPSA) is 34.9 Å². The molecule has 3 nitrogen and oxygen atoms in total. The van der Waals surface area contributed by atoms with E-state index in [4.69, 9.17) is 5.10 Å². The number of hydrogen-bond donors (Lipinski definition) is 0. The highest BCUT2D eigenvalue weighted by Gasteiger charge is 2.39. The molecule has 156 valence electrons. The summed E-state index contributed by atoms with van der Waals surface area (Å²) in [5, 5.41) is 4.76. The highest BCUT2D eigenvalue weighted by Crippen LogP contribution is 2.40. The Morgan fingerprint density at radius 1 is 0.806 bits per heavy atom. The Morgan fingerprint density at radius 2 is 1.26 bits per heavy atom. The van der Waals surface area contributed by atoms with E-state index >= 15 is 0 Å². The molecule has 0 aliphatic rings. The summed E-state index contributed by atoms with van der Waals surface area (Å²) in [5.41, 5.74) is 3.26. The van der Waals surface area contributed by atoms with E-state index in [-0.39, 0.29) is 5.78 Å². The maximum absolute atomic E-state index is 12.8. The van der Waals surface area contributed by atoms with Crippen molar-refractivity contribution < 1.29 is 4.79 Å². The largest absolute Gasteiger partial charge is 0.294 e. The molecule has 1 aromatic heterocycles. The van der Waals surface area contributed by atoms with E-state index in [0.29, 0.717) is 17.9 Å². The average Bonchev–Trinajstić information content (AvgIpc) is 3.31. The number of carbonyl (C=O) groups is 1. The quantitative estimate of drug-likeness (QED) is 0.252. The molecule has 0 amide bonds. The number of nitrogens with zero attached hydrogens (tertiary/aromatic N) is 2. The van der Waals surface area contributed by atoms with Crippen LogP contribution in [-0.4, -0.2) is 15.6 Å². The maximum Gasteiger partial charge on any atom is 0.166 e. The predicted molar refractivity (Wildman–Crippen MR) is 125 cm³/mol. The first-order valence-corrected chi connectivity index (χ1v) is 10.9. The fraction of sp³-hybridized carbons (Fsp3) is 0.214. The third kappa shape index (κ3) is 4.09. The number of rotatable bonds is 8. The van der Waals surface area contributed by atoms with Crippen molar-refractivity contribution in [3.8, 4) is 0 Å². The van der Waals surface area contributed by atoms with E-state index in [1.54, 1.807) is 6.20 Å². The predicted octanol–water partition coefficient (Wildman–Crippen LogP) is 6.34. The van der Waals surface area contributed by atoms with Gasteiger partial charge in [0.1, 0.15) is 5.54 Å². The molecule has 0 aliphatic heterocycles. The van der Waals surface area contributed by atoms with Gasteiger partial charge in [-0.3, -0.25) is 9.48 Å². The zero-order chi connectivity index (χ0) is 21.7. The van der Waals surface area contributed by atoms with Gasteiger partial charge in [0.05, 0.1) is 11.8 Å². The van der Waals surface area contributed by atoms with Crippen molar-refractivity contribution in [2.45, 2.75) is 32.2 Å². The zero-order valence-corrected chi connectivity index (χ0v) is 18.1. The minimum absolute atomic E-state index is 0.142. The molecular formula is C28H28N2O. The summed E-state index contributed by atoms with van der Waals surface area (Å²) in [5.74, 6) is 0.638. The molecule has 0 saturated carbocycles. The Kier molecular flexibility index (Phi) is 6.13. The number of benzene rings is 3. The molecule has 0 aliphatic carbocycles. The van der Waals surface area contributed by atoms with Gasteiger partial charge in [-0.15, -0.1) is 0 Å². The summed E-state index contributed by atoms with van der Waals surface area (Å²) in [4.78, 5) is 12.8. The summed E-state index contributed by atoms with van der Waals surface area (Å²) in [6.45, 7) is 4.28. The van der Waals surface area contributed by atoms with Crippen molar-refractivity contribution in [2.24, 2.45) is 5.92 Å². The van der Waals surface area contributed by atoms with Gasteiger partial charge in [-0.05, 0) is 29.0 Å². The van der Waals surface area contributed by atoms with Crippen molar-refractivity contribution in [2.75, 3.05) is 0 Å². The number of carbonyl (C=O) groups excluding carboxylic acids is 1. The van der Waals surface area contributed by atoms with Crippen LogP contribution < -0.4 is 0 Å². The smallest absolute Gasteiger partial charge is 0.166 e. The molecule has 0 unspecified atom stereocenters. The Balaban J connectivity index is 1.93. The maximum atomic E-state index is 12.8. The summed E-state index contributed by atoms with van der Waals surface area (Å²) in [6, 6.07) is 31.1. The summed E-state index contributed by atoms with van der Waals surface area (Å²) in [6.07, 6.45) is 5.05. The van der Waals surface area contributed by atoms with Crippen LogP contribution >= 0.6 is 0 Å². The lowest BCUT2D eigenvalue weighted by Crippen LogP contribution is -2.38. The number of aromatic nitrogens is 2. The van der Waals surface area contributed by atoms with E-state index in [0.717, 1.165) is 23.1 Å². The summed E-state index contributed by atoms with van der Waals surface area (Å²) >= 11 is 0. The van der Waals surface area contributed by atoms with Gasteiger partial charge < -0.3 is 0 Å². The van der Waals surface area contributed by atoms with Gasteiger partial charge in [-0.2, -0.15) is 5.10 Å². The van der Waals surface area contributed by atoms with Crippen LogP contribution in [0.4, 0.5) is 0 Å². The Morgan fingerprint density at radius 3 is 1.68 bits per heavy atom. The van der Waals surface area contributed by atoms with E-state index < -0.39 is 5.54 Å². The first kappa shape index (κ1) is 20.8. The second-order valence-corrected chi connectivity index (χ2v) is 8.34. The molecule has 0 bridgehead atoms. The minimum Gasteiger partial charge on any atom is -0.294 e. The molecular weight excluding hydrogens is 380 g/mol. The van der Waals surface area contributed by atoms with E-state index in [1.807, 2.05) is 65.5 Å². The van der Waals surface area contributed by atoms with Crippen molar-refractivity contribution in [3.05, 3.63) is 126 Å². The van der Waals surface area contributed by atoms with E-state index in [2.05, 4.69) is 50.2 Å². The van der Waals surface area contributed by atoms with Gasteiger partial charge in [0.25, 0.3) is 0 Å². The SMILES string of the molecule is CC(C)CCC(=O)c1cnn(C(c2ccccc2)(c2ccccc2)c2ccccc2)c1. The van der Waals surface area contributed by atoms with Gasteiger partial charge >= 0.3 is 0 Å². The number of ketones is 1. The lowest BCUT2D eigenvalue weighted by Gasteiger charge is -2.36. The molecule has 31 heavy (non-hydrogen) atoms.